The molecular weight excluding hydrogens is 386 g/mol. The number of likely N-dealkylation sites (N-methyl/N-ethyl adjacent to an activating group) is 1. The van der Waals surface area contributed by atoms with Gasteiger partial charge in [-0.3, -0.25) is 14.5 Å². The number of benzene rings is 2. The van der Waals surface area contributed by atoms with Crippen LogP contribution >= 0.6 is 0 Å². The lowest BCUT2D eigenvalue weighted by atomic mass is 9.97. The molecule has 2 aromatic carbocycles. The molecule has 0 unspecified atom stereocenters. The van der Waals surface area contributed by atoms with Crippen LogP contribution in [0.25, 0.3) is 5.57 Å². The fourth-order valence-corrected chi connectivity index (χ4v) is 4.73. The van der Waals surface area contributed by atoms with E-state index in [0.29, 0.717) is 30.9 Å². The molecule has 5 nitrogen and oxygen atoms in total. The lowest BCUT2D eigenvalue weighted by Crippen LogP contribution is -2.47. The Morgan fingerprint density at radius 1 is 0.806 bits per heavy atom. The number of hydrogen-bond donors (Lipinski definition) is 0. The molecule has 5 heteroatoms. The van der Waals surface area contributed by atoms with E-state index in [1.54, 1.807) is 0 Å². The van der Waals surface area contributed by atoms with E-state index in [1.807, 2.05) is 32.9 Å². The average molecular weight is 418 g/mol. The third-order valence-corrected chi connectivity index (χ3v) is 6.62. The molecule has 2 aromatic rings. The van der Waals surface area contributed by atoms with E-state index in [9.17, 15) is 9.59 Å². The molecule has 0 N–H and O–H groups in total. The molecular formula is C26H31N3O2. The number of piperazine rings is 1. The number of carbonyl (C=O) groups is 2. The van der Waals surface area contributed by atoms with Crippen molar-refractivity contribution in [3.8, 4) is 0 Å². The number of imide groups is 1. The van der Waals surface area contributed by atoms with Gasteiger partial charge in [0, 0.05) is 38.4 Å². The summed E-state index contributed by atoms with van der Waals surface area (Å²) in [4.78, 5) is 32.3. The summed E-state index contributed by atoms with van der Waals surface area (Å²) in [5.41, 5.74) is 8.02. The van der Waals surface area contributed by atoms with Crippen LogP contribution < -0.4 is 4.90 Å². The van der Waals surface area contributed by atoms with E-state index in [2.05, 4.69) is 47.9 Å². The SMILES string of the molecule is CCN1C(=O)C(c2ccc(C)cc2C)=C(N2CCN(c3cccc(C)c3C)CC2)C1=O. The Balaban J connectivity index is 1.67. The molecule has 0 radical (unpaired) electrons. The summed E-state index contributed by atoms with van der Waals surface area (Å²) in [6, 6.07) is 12.5. The molecule has 2 aliphatic rings. The van der Waals surface area contributed by atoms with E-state index in [1.165, 1.54) is 21.7 Å². The molecule has 4 rings (SSSR count). The van der Waals surface area contributed by atoms with Gasteiger partial charge < -0.3 is 9.80 Å². The molecule has 2 heterocycles. The number of anilines is 1. The standard InChI is InChI=1S/C26H31N3O2/c1-6-29-25(30)23(21-11-10-17(2)16-19(21)4)24(26(29)31)28-14-12-27(13-15-28)22-9-7-8-18(3)20(22)5/h7-11,16H,6,12-15H2,1-5H3. The van der Waals surface area contributed by atoms with Gasteiger partial charge in [-0.1, -0.05) is 35.9 Å². The monoisotopic (exact) mass is 417 g/mol. The van der Waals surface area contributed by atoms with Gasteiger partial charge in [0.25, 0.3) is 11.8 Å². The van der Waals surface area contributed by atoms with Gasteiger partial charge in [-0.15, -0.1) is 0 Å². The van der Waals surface area contributed by atoms with E-state index in [4.69, 9.17) is 0 Å². The first kappa shape index (κ1) is 21.2. The Morgan fingerprint density at radius 3 is 2.13 bits per heavy atom. The Bertz CT molecular complexity index is 1080. The van der Waals surface area contributed by atoms with E-state index < -0.39 is 0 Å². The van der Waals surface area contributed by atoms with E-state index in [0.717, 1.165) is 29.8 Å². The zero-order valence-electron chi connectivity index (χ0n) is 19.2. The molecule has 0 aliphatic carbocycles. The lowest BCUT2D eigenvalue weighted by molar-refractivity contribution is -0.137. The molecule has 0 bridgehead atoms. The van der Waals surface area contributed by atoms with Gasteiger partial charge in [0.1, 0.15) is 5.70 Å². The summed E-state index contributed by atoms with van der Waals surface area (Å²) in [6.45, 7) is 13.7. The second-order valence-corrected chi connectivity index (χ2v) is 8.59. The van der Waals surface area contributed by atoms with Crippen LogP contribution in [0.15, 0.2) is 42.1 Å². The zero-order chi connectivity index (χ0) is 22.3. The fourth-order valence-electron chi connectivity index (χ4n) is 4.73. The minimum Gasteiger partial charge on any atom is -0.368 e. The summed E-state index contributed by atoms with van der Waals surface area (Å²) in [7, 11) is 0. The molecule has 162 valence electrons. The maximum absolute atomic E-state index is 13.3. The number of rotatable bonds is 4. The summed E-state index contributed by atoms with van der Waals surface area (Å²) in [5.74, 6) is -0.339. The minimum atomic E-state index is -0.175. The van der Waals surface area contributed by atoms with Gasteiger partial charge in [0.05, 0.1) is 5.57 Å². The minimum absolute atomic E-state index is 0.164. The van der Waals surface area contributed by atoms with Crippen LogP contribution in [0.2, 0.25) is 0 Å². The molecule has 0 atom stereocenters. The summed E-state index contributed by atoms with van der Waals surface area (Å²) in [5, 5.41) is 0. The van der Waals surface area contributed by atoms with E-state index >= 15 is 0 Å². The number of nitrogens with zero attached hydrogens (tertiary/aromatic N) is 3. The highest BCUT2D eigenvalue weighted by Gasteiger charge is 2.41. The van der Waals surface area contributed by atoms with Crippen LogP contribution in [-0.2, 0) is 9.59 Å². The molecule has 0 aromatic heterocycles. The number of hydrogen-bond acceptors (Lipinski definition) is 4. The van der Waals surface area contributed by atoms with Crippen LogP contribution in [0.5, 0.6) is 0 Å². The maximum Gasteiger partial charge on any atom is 0.277 e. The van der Waals surface area contributed by atoms with Gasteiger partial charge in [0.2, 0.25) is 0 Å². The predicted molar refractivity (Wildman–Crippen MR) is 125 cm³/mol. The zero-order valence-corrected chi connectivity index (χ0v) is 19.2. The van der Waals surface area contributed by atoms with Crippen molar-refractivity contribution < 1.29 is 9.59 Å². The quantitative estimate of drug-likeness (QED) is 0.709. The van der Waals surface area contributed by atoms with Crippen molar-refractivity contribution in [1.82, 2.24) is 9.80 Å². The molecule has 2 aliphatic heterocycles. The van der Waals surface area contributed by atoms with Crippen molar-refractivity contribution in [2.75, 3.05) is 37.6 Å². The maximum atomic E-state index is 13.3. The van der Waals surface area contributed by atoms with Gasteiger partial charge in [-0.05, 0) is 62.9 Å². The summed E-state index contributed by atoms with van der Waals surface area (Å²) < 4.78 is 0. The van der Waals surface area contributed by atoms with Crippen LogP contribution in [0.3, 0.4) is 0 Å². The average Bonchev–Trinajstić information content (AvgIpc) is 3.00. The van der Waals surface area contributed by atoms with Crippen molar-refractivity contribution >= 4 is 23.1 Å². The van der Waals surface area contributed by atoms with Crippen molar-refractivity contribution in [3.05, 3.63) is 69.9 Å². The van der Waals surface area contributed by atoms with Gasteiger partial charge in [-0.2, -0.15) is 0 Å². The van der Waals surface area contributed by atoms with Gasteiger partial charge in [0.15, 0.2) is 0 Å². The van der Waals surface area contributed by atoms with Crippen LogP contribution in [0.4, 0.5) is 5.69 Å². The highest BCUT2D eigenvalue weighted by atomic mass is 16.2. The van der Waals surface area contributed by atoms with Crippen molar-refractivity contribution in [2.45, 2.75) is 34.6 Å². The van der Waals surface area contributed by atoms with Crippen molar-refractivity contribution in [2.24, 2.45) is 0 Å². The molecule has 31 heavy (non-hydrogen) atoms. The normalized spacial score (nSPS) is 17.3. The fraction of sp³-hybridized carbons (Fsp3) is 0.385. The summed E-state index contributed by atoms with van der Waals surface area (Å²) >= 11 is 0. The first-order valence-corrected chi connectivity index (χ1v) is 11.1. The first-order chi connectivity index (χ1) is 14.8. The highest BCUT2D eigenvalue weighted by molar-refractivity contribution is 6.35. The first-order valence-electron chi connectivity index (χ1n) is 11.1. The van der Waals surface area contributed by atoms with Crippen molar-refractivity contribution in [1.29, 1.82) is 0 Å². The number of carbonyl (C=O) groups excluding carboxylic acids is 2. The largest absolute Gasteiger partial charge is 0.368 e. The van der Waals surface area contributed by atoms with E-state index in [-0.39, 0.29) is 11.8 Å². The Morgan fingerprint density at radius 2 is 1.48 bits per heavy atom. The topological polar surface area (TPSA) is 43.9 Å². The predicted octanol–water partition coefficient (Wildman–Crippen LogP) is 3.84. The third kappa shape index (κ3) is 3.62. The number of amides is 2. The number of aryl methyl sites for hydroxylation is 3. The second-order valence-electron chi connectivity index (χ2n) is 8.59. The lowest BCUT2D eigenvalue weighted by Gasteiger charge is -2.38. The Kier molecular flexibility index (Phi) is 5.61. The molecule has 0 spiro atoms. The van der Waals surface area contributed by atoms with Crippen LogP contribution in [0, 0.1) is 27.7 Å². The molecule has 2 amide bonds. The van der Waals surface area contributed by atoms with Crippen LogP contribution in [0.1, 0.15) is 34.7 Å². The smallest absolute Gasteiger partial charge is 0.277 e. The highest BCUT2D eigenvalue weighted by Crippen LogP contribution is 2.34. The Labute approximate surface area is 184 Å². The van der Waals surface area contributed by atoms with Gasteiger partial charge >= 0.3 is 0 Å². The third-order valence-electron chi connectivity index (χ3n) is 6.62. The summed E-state index contributed by atoms with van der Waals surface area (Å²) in [6.07, 6.45) is 0. The molecule has 0 saturated carbocycles. The van der Waals surface area contributed by atoms with Crippen LogP contribution in [-0.4, -0.2) is 54.3 Å². The van der Waals surface area contributed by atoms with Crippen molar-refractivity contribution in [3.63, 3.8) is 0 Å². The van der Waals surface area contributed by atoms with Gasteiger partial charge in [-0.25, -0.2) is 0 Å². The second kappa shape index (κ2) is 8.22. The Hall–Kier alpha value is -3.08. The molecule has 1 fully saturated rings. The molecule has 1 saturated heterocycles.